The maximum absolute atomic E-state index is 10.7. The number of amides is 1. The summed E-state index contributed by atoms with van der Waals surface area (Å²) >= 11 is 0. The lowest BCUT2D eigenvalue weighted by atomic mass is 10.3. The van der Waals surface area contributed by atoms with Crippen LogP contribution in [0.25, 0.3) is 0 Å². The summed E-state index contributed by atoms with van der Waals surface area (Å²) in [5.74, 6) is 0.216. The van der Waals surface area contributed by atoms with Crippen molar-refractivity contribution < 1.29 is 4.79 Å². The summed E-state index contributed by atoms with van der Waals surface area (Å²) in [4.78, 5) is 14.6. The third kappa shape index (κ3) is 2.72. The highest BCUT2D eigenvalue weighted by atomic mass is 16.1. The van der Waals surface area contributed by atoms with E-state index < -0.39 is 5.91 Å². The van der Waals surface area contributed by atoms with Crippen molar-refractivity contribution in [2.75, 3.05) is 18.4 Å². The van der Waals surface area contributed by atoms with E-state index >= 15 is 0 Å². The van der Waals surface area contributed by atoms with Gasteiger partial charge in [0.15, 0.2) is 0 Å². The molecule has 0 bridgehead atoms. The van der Waals surface area contributed by atoms with Gasteiger partial charge in [-0.15, -0.1) is 0 Å². The Morgan fingerprint density at radius 2 is 2.31 bits per heavy atom. The molecule has 1 heterocycles. The molecule has 0 fully saturated rings. The first-order valence-electron chi connectivity index (χ1n) is 3.94. The fourth-order valence-electron chi connectivity index (χ4n) is 0.844. The van der Waals surface area contributed by atoms with Crippen LogP contribution in [0.4, 0.5) is 5.82 Å². The molecule has 1 amide bonds. The summed E-state index contributed by atoms with van der Waals surface area (Å²) in [6.07, 6.45) is 1.43. The molecule has 1 rings (SSSR count). The van der Waals surface area contributed by atoms with Crippen LogP contribution in [0.3, 0.4) is 0 Å². The second-order valence-electron chi connectivity index (χ2n) is 2.51. The standard InChI is InChI=1S/C8H12N4O/c9-3-4-11-7-2-1-6(5-12-7)8(10)13/h1-2,5H,3-4,9H2,(H2,10,13)(H,11,12). The highest BCUT2D eigenvalue weighted by Gasteiger charge is 1.99. The van der Waals surface area contributed by atoms with Gasteiger partial charge in [-0.1, -0.05) is 0 Å². The van der Waals surface area contributed by atoms with Crippen molar-refractivity contribution in [3.8, 4) is 0 Å². The second-order valence-corrected chi connectivity index (χ2v) is 2.51. The Morgan fingerprint density at radius 1 is 1.54 bits per heavy atom. The van der Waals surface area contributed by atoms with Gasteiger partial charge < -0.3 is 16.8 Å². The lowest BCUT2D eigenvalue weighted by Gasteiger charge is -2.02. The number of anilines is 1. The number of nitrogens with one attached hydrogen (secondary N) is 1. The average molecular weight is 180 g/mol. The number of rotatable bonds is 4. The van der Waals surface area contributed by atoms with Gasteiger partial charge in [0.25, 0.3) is 0 Å². The number of nitrogens with zero attached hydrogens (tertiary/aromatic N) is 1. The predicted octanol–water partition coefficient (Wildman–Crippen LogP) is -0.449. The van der Waals surface area contributed by atoms with Gasteiger partial charge in [0, 0.05) is 19.3 Å². The van der Waals surface area contributed by atoms with Crippen molar-refractivity contribution in [1.29, 1.82) is 0 Å². The molecule has 0 atom stereocenters. The van der Waals surface area contributed by atoms with Crippen LogP contribution in [0.5, 0.6) is 0 Å². The summed E-state index contributed by atoms with van der Waals surface area (Å²) < 4.78 is 0. The molecular weight excluding hydrogens is 168 g/mol. The number of carbonyl (C=O) groups is 1. The van der Waals surface area contributed by atoms with E-state index in [-0.39, 0.29) is 0 Å². The number of aromatic nitrogens is 1. The zero-order chi connectivity index (χ0) is 9.68. The first-order chi connectivity index (χ1) is 6.24. The van der Waals surface area contributed by atoms with Crippen molar-refractivity contribution in [2.24, 2.45) is 11.5 Å². The van der Waals surface area contributed by atoms with Gasteiger partial charge in [0.1, 0.15) is 5.82 Å². The first-order valence-corrected chi connectivity index (χ1v) is 3.94. The van der Waals surface area contributed by atoms with E-state index in [0.717, 1.165) is 0 Å². The molecule has 0 aliphatic carbocycles. The molecular formula is C8H12N4O. The minimum Gasteiger partial charge on any atom is -0.369 e. The van der Waals surface area contributed by atoms with E-state index in [2.05, 4.69) is 10.3 Å². The van der Waals surface area contributed by atoms with Crippen LogP contribution in [0, 0.1) is 0 Å². The van der Waals surface area contributed by atoms with E-state index in [1.807, 2.05) is 0 Å². The Balaban J connectivity index is 2.64. The van der Waals surface area contributed by atoms with Gasteiger partial charge in [-0.25, -0.2) is 4.98 Å². The third-order valence-corrected chi connectivity index (χ3v) is 1.50. The number of pyridine rings is 1. The molecule has 0 radical (unpaired) electrons. The topological polar surface area (TPSA) is 94.0 Å². The number of hydrogen-bond donors (Lipinski definition) is 3. The quantitative estimate of drug-likeness (QED) is 0.585. The van der Waals surface area contributed by atoms with Gasteiger partial charge in [0.05, 0.1) is 5.56 Å². The Labute approximate surface area is 76.1 Å². The Hall–Kier alpha value is -1.62. The lowest BCUT2D eigenvalue weighted by molar-refractivity contribution is 0.1000. The minimum atomic E-state index is -0.474. The Kier molecular flexibility index (Phi) is 3.22. The SMILES string of the molecule is NCCNc1ccc(C(N)=O)cn1. The van der Waals surface area contributed by atoms with Crippen LogP contribution in [0.15, 0.2) is 18.3 Å². The fourth-order valence-corrected chi connectivity index (χ4v) is 0.844. The molecule has 70 valence electrons. The van der Waals surface area contributed by atoms with E-state index in [9.17, 15) is 4.79 Å². The van der Waals surface area contributed by atoms with Crippen LogP contribution < -0.4 is 16.8 Å². The highest BCUT2D eigenvalue weighted by molar-refractivity contribution is 5.92. The van der Waals surface area contributed by atoms with Crippen molar-refractivity contribution in [3.05, 3.63) is 23.9 Å². The summed E-state index contributed by atoms with van der Waals surface area (Å²) in [7, 11) is 0. The molecule has 0 aliphatic rings. The highest BCUT2D eigenvalue weighted by Crippen LogP contribution is 2.03. The van der Waals surface area contributed by atoms with Crippen molar-refractivity contribution in [2.45, 2.75) is 0 Å². The predicted molar refractivity (Wildman–Crippen MR) is 50.3 cm³/mol. The summed E-state index contributed by atoms with van der Waals surface area (Å²) in [6, 6.07) is 3.31. The van der Waals surface area contributed by atoms with Gasteiger partial charge in [-0.05, 0) is 12.1 Å². The molecule has 0 aromatic carbocycles. The molecule has 0 saturated heterocycles. The molecule has 1 aromatic heterocycles. The third-order valence-electron chi connectivity index (χ3n) is 1.50. The van der Waals surface area contributed by atoms with Crippen LogP contribution in [-0.4, -0.2) is 24.0 Å². The summed E-state index contributed by atoms with van der Waals surface area (Å²) in [5, 5.41) is 2.97. The fraction of sp³-hybridized carbons (Fsp3) is 0.250. The number of carbonyl (C=O) groups excluding carboxylic acids is 1. The van der Waals surface area contributed by atoms with Gasteiger partial charge in [-0.2, -0.15) is 0 Å². The number of hydrogen-bond acceptors (Lipinski definition) is 4. The molecule has 5 nitrogen and oxygen atoms in total. The number of primary amides is 1. The molecule has 5 heteroatoms. The number of nitrogens with two attached hydrogens (primary N) is 2. The smallest absolute Gasteiger partial charge is 0.250 e. The van der Waals surface area contributed by atoms with Gasteiger partial charge >= 0.3 is 0 Å². The normalized spacial score (nSPS) is 9.62. The molecule has 1 aromatic rings. The van der Waals surface area contributed by atoms with E-state index in [1.165, 1.54) is 6.20 Å². The van der Waals surface area contributed by atoms with Crippen molar-refractivity contribution in [1.82, 2.24) is 4.98 Å². The van der Waals surface area contributed by atoms with E-state index in [4.69, 9.17) is 11.5 Å². The lowest BCUT2D eigenvalue weighted by Crippen LogP contribution is -2.15. The van der Waals surface area contributed by atoms with Crippen LogP contribution >= 0.6 is 0 Å². The molecule has 0 aliphatic heterocycles. The van der Waals surface area contributed by atoms with Gasteiger partial charge in [-0.3, -0.25) is 4.79 Å². The second kappa shape index (κ2) is 4.42. The minimum absolute atomic E-state index is 0.401. The summed E-state index contributed by atoms with van der Waals surface area (Å²) in [6.45, 7) is 1.20. The average Bonchev–Trinajstić information content (AvgIpc) is 2.15. The van der Waals surface area contributed by atoms with E-state index in [1.54, 1.807) is 12.1 Å². The maximum Gasteiger partial charge on any atom is 0.250 e. The van der Waals surface area contributed by atoms with Crippen LogP contribution in [0.2, 0.25) is 0 Å². The molecule has 0 saturated carbocycles. The largest absolute Gasteiger partial charge is 0.369 e. The molecule has 13 heavy (non-hydrogen) atoms. The molecule has 0 spiro atoms. The molecule has 5 N–H and O–H groups in total. The first kappa shape index (κ1) is 9.47. The van der Waals surface area contributed by atoms with Crippen LogP contribution in [-0.2, 0) is 0 Å². The van der Waals surface area contributed by atoms with Crippen molar-refractivity contribution in [3.63, 3.8) is 0 Å². The van der Waals surface area contributed by atoms with Crippen LogP contribution in [0.1, 0.15) is 10.4 Å². The zero-order valence-corrected chi connectivity index (χ0v) is 7.16. The Bertz CT molecular complexity index is 283. The molecule has 0 unspecified atom stereocenters. The Morgan fingerprint density at radius 3 is 2.77 bits per heavy atom. The monoisotopic (exact) mass is 180 g/mol. The summed E-state index contributed by atoms with van der Waals surface area (Å²) in [5.41, 5.74) is 10.7. The van der Waals surface area contributed by atoms with Crippen molar-refractivity contribution >= 4 is 11.7 Å². The maximum atomic E-state index is 10.7. The van der Waals surface area contributed by atoms with Gasteiger partial charge in [0.2, 0.25) is 5.91 Å². The van der Waals surface area contributed by atoms with E-state index in [0.29, 0.717) is 24.5 Å². The zero-order valence-electron chi connectivity index (χ0n) is 7.16.